The molecule has 1 fully saturated rings. The van der Waals surface area contributed by atoms with E-state index in [-0.39, 0.29) is 40.4 Å². The zero-order valence-corrected chi connectivity index (χ0v) is 38.9. The summed E-state index contributed by atoms with van der Waals surface area (Å²) in [5.74, 6) is 0.189. The summed E-state index contributed by atoms with van der Waals surface area (Å²) in [5.41, 5.74) is 4.72. The molecule has 11 nitrogen and oxygen atoms in total. The predicted molar refractivity (Wildman–Crippen MR) is 234 cm³/mol. The number of oxazole rings is 3. The molecular formula is C43H50Br2F3N5O6Si. The van der Waals surface area contributed by atoms with Crippen LogP contribution in [-0.4, -0.2) is 59.7 Å². The summed E-state index contributed by atoms with van der Waals surface area (Å²) in [6.07, 6.45) is 2.78. The van der Waals surface area contributed by atoms with E-state index in [1.807, 2.05) is 11.8 Å². The Balaban J connectivity index is 0.000000173. The van der Waals surface area contributed by atoms with Gasteiger partial charge in [-0.05, 0) is 125 Å². The van der Waals surface area contributed by atoms with Crippen LogP contribution in [0, 0.1) is 17.5 Å². The van der Waals surface area contributed by atoms with Gasteiger partial charge in [0.25, 0.3) is 0 Å². The minimum absolute atomic E-state index is 0.124. The maximum absolute atomic E-state index is 14.1. The molecule has 322 valence electrons. The van der Waals surface area contributed by atoms with Crippen LogP contribution in [0.5, 0.6) is 0 Å². The lowest BCUT2D eigenvalue weighted by Crippen LogP contribution is -2.43. The Labute approximate surface area is 365 Å². The third-order valence-corrected chi connectivity index (χ3v) is 15.8. The third kappa shape index (κ3) is 12.0. The van der Waals surface area contributed by atoms with Gasteiger partial charge in [-0.1, -0.05) is 20.8 Å². The average molecular weight is 978 g/mol. The summed E-state index contributed by atoms with van der Waals surface area (Å²) in [6.45, 7) is 19.3. The van der Waals surface area contributed by atoms with Gasteiger partial charge < -0.3 is 38.1 Å². The van der Waals surface area contributed by atoms with Gasteiger partial charge in [0, 0.05) is 42.9 Å². The summed E-state index contributed by atoms with van der Waals surface area (Å²) >= 11 is 6.28. The van der Waals surface area contributed by atoms with Gasteiger partial charge in [0.2, 0.25) is 17.7 Å². The van der Waals surface area contributed by atoms with E-state index in [0.29, 0.717) is 37.6 Å². The molecule has 3 aromatic heterocycles. The van der Waals surface area contributed by atoms with Crippen molar-refractivity contribution in [3.63, 3.8) is 0 Å². The molecule has 17 heteroatoms. The summed E-state index contributed by atoms with van der Waals surface area (Å²) in [5, 5.41) is 22.1. The summed E-state index contributed by atoms with van der Waals surface area (Å²) < 4.78 is 63.4. The minimum atomic E-state index is -1.89. The second kappa shape index (κ2) is 20.2. The number of nitrogens with zero attached hydrogens (tertiary/aromatic N) is 4. The Bertz CT molecular complexity index is 2340. The topological polar surface area (TPSA) is 143 Å². The van der Waals surface area contributed by atoms with Gasteiger partial charge in [-0.25, -0.2) is 28.1 Å². The number of piperazine rings is 1. The van der Waals surface area contributed by atoms with E-state index in [4.69, 9.17) is 17.7 Å². The average Bonchev–Trinajstić information content (AvgIpc) is 4.00. The lowest BCUT2D eigenvalue weighted by atomic mass is 10.1. The van der Waals surface area contributed by atoms with E-state index in [1.54, 1.807) is 56.5 Å². The molecule has 0 saturated carbocycles. The summed E-state index contributed by atoms with van der Waals surface area (Å²) in [4.78, 5) is 14.8. The van der Waals surface area contributed by atoms with Crippen molar-refractivity contribution < 1.29 is 41.1 Å². The molecule has 0 spiro atoms. The first-order chi connectivity index (χ1) is 28.2. The third-order valence-electron chi connectivity index (χ3n) is 10.0. The fraction of sp³-hybridized carbons (Fsp3) is 0.372. The maximum atomic E-state index is 14.1. The van der Waals surface area contributed by atoms with Crippen molar-refractivity contribution in [3.05, 3.63) is 117 Å². The summed E-state index contributed by atoms with van der Waals surface area (Å²) in [7, 11) is -1.89. The highest BCUT2D eigenvalue weighted by Gasteiger charge is 2.39. The number of benzene rings is 3. The van der Waals surface area contributed by atoms with Crippen molar-refractivity contribution in [2.45, 2.75) is 78.0 Å². The molecule has 0 aliphatic carbocycles. The number of aliphatic hydroxyl groups is 2. The van der Waals surface area contributed by atoms with Gasteiger partial charge in [0.1, 0.15) is 71.6 Å². The second-order valence-corrected chi connectivity index (χ2v) is 22.2. The zero-order valence-electron chi connectivity index (χ0n) is 34.7. The van der Waals surface area contributed by atoms with Gasteiger partial charge in [-0.15, -0.1) is 0 Å². The van der Waals surface area contributed by atoms with Gasteiger partial charge in [-0.3, -0.25) is 0 Å². The number of halogens is 5. The molecule has 1 aliphatic rings. The van der Waals surface area contributed by atoms with E-state index in [2.05, 4.69) is 86.0 Å². The molecule has 1 aliphatic heterocycles. The number of hydrogen-bond donors (Lipinski definition) is 3. The number of aromatic nitrogens is 3. The molecular weight excluding hydrogens is 927 g/mol. The molecule has 0 amide bonds. The van der Waals surface area contributed by atoms with Crippen LogP contribution in [-0.2, 0) is 4.43 Å². The highest BCUT2D eigenvalue weighted by atomic mass is 79.9. The van der Waals surface area contributed by atoms with Gasteiger partial charge in [-0.2, -0.15) is 0 Å². The van der Waals surface area contributed by atoms with Crippen molar-refractivity contribution in [1.29, 1.82) is 0 Å². The standard InChI is InChI=1S/C17H23BrFNO2Si.C15H18FN3O2.C11H9BrFNO2/c1-11(22-23(5,6)17(2,3)4)16-20-15(10-21-16)12-7-8-14(19)13(18)9-12;1-10(20)15-18-13(9-21-15)11-2-3-12(16)14(8-11)19-6-4-17-5-7-19;1-6(15)11-14-10(5-16-11)7-2-3-9(13)8(12)4-7/h7-11H,1-6H3;2-3,8-10,17,20H,4-7H2,1H3;2-6,15H,1H3. The SMILES string of the molecule is CC(O)c1nc(-c2ccc(F)c(Br)c2)co1.CC(O)c1nc(-c2ccc(F)c(N3CCNCC3)c2)co1.CC(O[Si](C)(C)C(C)(C)C)c1nc(-c2ccc(F)c(Br)c2)co1. The Morgan fingerprint density at radius 1 is 0.683 bits per heavy atom. The van der Waals surface area contributed by atoms with E-state index in [1.165, 1.54) is 30.7 Å². The Morgan fingerprint density at radius 2 is 1.08 bits per heavy atom. The largest absolute Gasteiger partial charge is 0.446 e. The second-order valence-electron chi connectivity index (χ2n) is 15.7. The van der Waals surface area contributed by atoms with Crippen molar-refractivity contribution in [2.75, 3.05) is 31.1 Å². The number of hydrogen-bond acceptors (Lipinski definition) is 11. The number of aliphatic hydroxyl groups excluding tert-OH is 2. The molecule has 0 bridgehead atoms. The smallest absolute Gasteiger partial charge is 0.223 e. The van der Waals surface area contributed by atoms with Gasteiger partial charge >= 0.3 is 0 Å². The predicted octanol–water partition coefficient (Wildman–Crippen LogP) is 11.6. The summed E-state index contributed by atoms with van der Waals surface area (Å²) in [6, 6.07) is 14.2. The fourth-order valence-electron chi connectivity index (χ4n) is 5.63. The zero-order chi connectivity index (χ0) is 43.9. The molecule has 3 atom stereocenters. The van der Waals surface area contributed by atoms with Gasteiger partial charge in [0.15, 0.2) is 8.32 Å². The molecule has 60 heavy (non-hydrogen) atoms. The monoisotopic (exact) mass is 975 g/mol. The molecule has 1 saturated heterocycles. The van der Waals surface area contributed by atoms with Crippen LogP contribution in [0.4, 0.5) is 18.9 Å². The van der Waals surface area contributed by atoms with Crippen LogP contribution < -0.4 is 10.2 Å². The van der Waals surface area contributed by atoms with Crippen LogP contribution in [0.1, 0.15) is 77.5 Å². The van der Waals surface area contributed by atoms with Crippen LogP contribution in [0.15, 0.2) is 95.6 Å². The Kier molecular flexibility index (Phi) is 15.8. The van der Waals surface area contributed by atoms with Crippen molar-refractivity contribution in [1.82, 2.24) is 20.3 Å². The van der Waals surface area contributed by atoms with Crippen molar-refractivity contribution in [3.8, 4) is 33.8 Å². The molecule has 4 heterocycles. The van der Waals surface area contributed by atoms with Crippen LogP contribution in [0.3, 0.4) is 0 Å². The van der Waals surface area contributed by atoms with Crippen LogP contribution in [0.25, 0.3) is 33.8 Å². The number of rotatable bonds is 9. The quantitative estimate of drug-likeness (QED) is 0.119. The Hall–Kier alpha value is -4.10. The van der Waals surface area contributed by atoms with Crippen LogP contribution >= 0.6 is 31.9 Å². The Morgan fingerprint density at radius 3 is 1.48 bits per heavy atom. The lowest BCUT2D eigenvalue weighted by Gasteiger charge is -2.37. The van der Waals surface area contributed by atoms with Gasteiger partial charge in [0.05, 0.1) is 14.6 Å². The molecule has 0 radical (unpaired) electrons. The fourth-order valence-corrected chi connectivity index (χ4v) is 7.73. The number of anilines is 1. The minimum Gasteiger partial charge on any atom is -0.446 e. The van der Waals surface area contributed by atoms with E-state index in [0.717, 1.165) is 42.9 Å². The highest BCUT2D eigenvalue weighted by Crippen LogP contribution is 2.40. The molecule has 7 rings (SSSR count). The molecule has 3 unspecified atom stereocenters. The van der Waals surface area contributed by atoms with Crippen molar-refractivity contribution in [2.24, 2.45) is 0 Å². The maximum Gasteiger partial charge on any atom is 0.223 e. The van der Waals surface area contributed by atoms with E-state index >= 15 is 0 Å². The molecule has 3 N–H and O–H groups in total. The first kappa shape index (κ1) is 47.0. The molecule has 6 aromatic rings. The van der Waals surface area contributed by atoms with Crippen LogP contribution in [0.2, 0.25) is 18.1 Å². The molecule has 3 aromatic carbocycles. The van der Waals surface area contributed by atoms with E-state index in [9.17, 15) is 23.4 Å². The highest BCUT2D eigenvalue weighted by molar-refractivity contribution is 9.10. The van der Waals surface area contributed by atoms with Crippen molar-refractivity contribution >= 4 is 45.9 Å². The van der Waals surface area contributed by atoms with E-state index < -0.39 is 20.5 Å². The first-order valence-corrected chi connectivity index (χ1v) is 23.8. The lowest BCUT2D eigenvalue weighted by molar-refractivity contribution is 0.162. The number of nitrogens with one attached hydrogen (secondary N) is 1. The normalized spacial score (nSPS) is 14.8. The first-order valence-electron chi connectivity index (χ1n) is 19.3.